The molecule has 1 atom stereocenters. The Morgan fingerprint density at radius 2 is 2.05 bits per heavy atom. The first-order valence-electron chi connectivity index (χ1n) is 6.22. The Morgan fingerprint density at radius 3 is 2.63 bits per heavy atom. The van der Waals surface area contributed by atoms with Crippen LogP contribution in [0, 0.1) is 0 Å². The van der Waals surface area contributed by atoms with Crippen LogP contribution in [-0.2, 0) is 0 Å². The predicted octanol–water partition coefficient (Wildman–Crippen LogP) is 1.94. The Hall–Kier alpha value is -1.53. The number of aromatic nitrogens is 3. The Bertz CT molecular complexity index is 576. The van der Waals surface area contributed by atoms with Gasteiger partial charge in [0.2, 0.25) is 0 Å². The monoisotopic (exact) mass is 278 g/mol. The van der Waals surface area contributed by atoms with Crippen molar-refractivity contribution in [1.82, 2.24) is 14.8 Å². The van der Waals surface area contributed by atoms with Gasteiger partial charge >= 0.3 is 5.69 Å². The largest absolute Gasteiger partial charge is 0.344 e. The average molecular weight is 278 g/mol. The smallest absolute Gasteiger partial charge is 0.329 e. The van der Waals surface area contributed by atoms with E-state index < -0.39 is 0 Å². The number of nitrogens with two attached hydrogens (primary N) is 1. The van der Waals surface area contributed by atoms with Gasteiger partial charge in [-0.05, 0) is 19.4 Å². The van der Waals surface area contributed by atoms with Crippen LogP contribution in [-0.4, -0.2) is 21.3 Å². The molecule has 2 rings (SSSR count). The molecule has 5 nitrogen and oxygen atoms in total. The molecule has 0 aliphatic heterocycles. The van der Waals surface area contributed by atoms with Gasteiger partial charge in [-0.1, -0.05) is 42.1 Å². The molecule has 0 fully saturated rings. The number of benzene rings is 1. The minimum absolute atomic E-state index is 0.0722. The molecule has 0 spiro atoms. The number of hydrogen-bond acceptors (Lipinski definition) is 4. The zero-order chi connectivity index (χ0) is 13.8. The molecule has 0 saturated carbocycles. The molecule has 2 aromatic rings. The van der Waals surface area contributed by atoms with Crippen LogP contribution in [0.2, 0.25) is 0 Å². The number of hydrogen-bond donors (Lipinski definition) is 2. The SMILES string of the molecule is CC(C)n1c(SC(CN)c2ccccc2)n[nH]c1=O. The van der Waals surface area contributed by atoms with Crippen LogP contribution >= 0.6 is 11.8 Å². The minimum atomic E-state index is -0.179. The van der Waals surface area contributed by atoms with Crippen molar-refractivity contribution in [2.24, 2.45) is 5.73 Å². The minimum Gasteiger partial charge on any atom is -0.329 e. The fourth-order valence-corrected chi connectivity index (χ4v) is 3.03. The van der Waals surface area contributed by atoms with Gasteiger partial charge in [-0.15, -0.1) is 5.10 Å². The molecule has 1 aromatic heterocycles. The van der Waals surface area contributed by atoms with E-state index in [-0.39, 0.29) is 17.0 Å². The lowest BCUT2D eigenvalue weighted by Gasteiger charge is -2.15. The fraction of sp³-hybridized carbons (Fsp3) is 0.385. The van der Waals surface area contributed by atoms with E-state index >= 15 is 0 Å². The van der Waals surface area contributed by atoms with Gasteiger partial charge in [-0.2, -0.15) is 0 Å². The van der Waals surface area contributed by atoms with Crippen molar-refractivity contribution in [2.75, 3.05) is 6.54 Å². The molecule has 6 heteroatoms. The van der Waals surface area contributed by atoms with E-state index in [0.29, 0.717) is 11.7 Å². The van der Waals surface area contributed by atoms with Crippen molar-refractivity contribution in [3.63, 3.8) is 0 Å². The summed E-state index contributed by atoms with van der Waals surface area (Å²) in [6, 6.07) is 10.1. The van der Waals surface area contributed by atoms with Gasteiger partial charge in [0.1, 0.15) is 0 Å². The topological polar surface area (TPSA) is 76.7 Å². The summed E-state index contributed by atoms with van der Waals surface area (Å²) in [4.78, 5) is 11.7. The maximum atomic E-state index is 11.7. The number of H-pyrrole nitrogens is 1. The van der Waals surface area contributed by atoms with Gasteiger partial charge < -0.3 is 5.73 Å². The third-order valence-electron chi connectivity index (χ3n) is 2.82. The van der Waals surface area contributed by atoms with Crippen LogP contribution in [0.1, 0.15) is 30.7 Å². The third-order valence-corrected chi connectivity index (χ3v) is 4.07. The molecule has 3 N–H and O–H groups in total. The molecule has 1 heterocycles. The maximum Gasteiger partial charge on any atom is 0.344 e. The van der Waals surface area contributed by atoms with Gasteiger partial charge in [-0.3, -0.25) is 4.57 Å². The highest BCUT2D eigenvalue weighted by molar-refractivity contribution is 7.99. The van der Waals surface area contributed by atoms with Crippen molar-refractivity contribution in [2.45, 2.75) is 30.3 Å². The zero-order valence-electron chi connectivity index (χ0n) is 11.0. The molecule has 1 unspecified atom stereocenters. The van der Waals surface area contributed by atoms with Crippen LogP contribution in [0.4, 0.5) is 0 Å². The Kier molecular flexibility index (Phi) is 4.44. The standard InChI is InChI=1S/C13H18N4OS/c1-9(2)17-12(18)15-16-13(17)19-11(8-14)10-6-4-3-5-7-10/h3-7,9,11H,8,14H2,1-2H3,(H,15,18). The number of aromatic amines is 1. The molecule has 0 aliphatic rings. The Balaban J connectivity index is 2.27. The summed E-state index contributed by atoms with van der Waals surface area (Å²) in [7, 11) is 0. The third kappa shape index (κ3) is 3.08. The molecule has 19 heavy (non-hydrogen) atoms. The fourth-order valence-electron chi connectivity index (χ4n) is 1.88. The van der Waals surface area contributed by atoms with E-state index in [1.54, 1.807) is 4.57 Å². The number of nitrogens with zero attached hydrogens (tertiary/aromatic N) is 2. The summed E-state index contributed by atoms with van der Waals surface area (Å²) in [5.74, 6) is 0. The molecule has 102 valence electrons. The van der Waals surface area contributed by atoms with Crippen LogP contribution < -0.4 is 11.4 Å². The maximum absolute atomic E-state index is 11.7. The molecular weight excluding hydrogens is 260 g/mol. The second kappa shape index (κ2) is 6.08. The van der Waals surface area contributed by atoms with Crippen LogP contribution in [0.15, 0.2) is 40.3 Å². The summed E-state index contributed by atoms with van der Waals surface area (Å²) in [6.45, 7) is 4.41. The van der Waals surface area contributed by atoms with E-state index in [1.165, 1.54) is 11.8 Å². The van der Waals surface area contributed by atoms with Crippen LogP contribution in [0.3, 0.4) is 0 Å². The summed E-state index contributed by atoms with van der Waals surface area (Å²) in [5.41, 5.74) is 6.80. The second-order valence-electron chi connectivity index (χ2n) is 4.53. The van der Waals surface area contributed by atoms with E-state index in [4.69, 9.17) is 5.73 Å². The van der Waals surface area contributed by atoms with Gasteiger partial charge in [0.25, 0.3) is 0 Å². The van der Waals surface area contributed by atoms with Crippen molar-refractivity contribution >= 4 is 11.8 Å². The predicted molar refractivity (Wildman–Crippen MR) is 77.3 cm³/mol. The quantitative estimate of drug-likeness (QED) is 0.819. The first-order valence-corrected chi connectivity index (χ1v) is 7.10. The van der Waals surface area contributed by atoms with Crippen molar-refractivity contribution in [1.29, 1.82) is 0 Å². The number of rotatable bonds is 5. The number of nitrogens with one attached hydrogen (secondary N) is 1. The summed E-state index contributed by atoms with van der Waals surface area (Å²) in [6.07, 6.45) is 0. The van der Waals surface area contributed by atoms with Gasteiger partial charge in [0.05, 0.1) is 0 Å². The molecule has 0 radical (unpaired) electrons. The van der Waals surface area contributed by atoms with Gasteiger partial charge in [0, 0.05) is 17.8 Å². The van der Waals surface area contributed by atoms with E-state index in [0.717, 1.165) is 5.56 Å². The molecule has 1 aromatic carbocycles. The zero-order valence-corrected chi connectivity index (χ0v) is 11.9. The Morgan fingerprint density at radius 1 is 1.37 bits per heavy atom. The second-order valence-corrected chi connectivity index (χ2v) is 5.70. The molecular formula is C13H18N4OS. The summed E-state index contributed by atoms with van der Waals surface area (Å²) >= 11 is 1.51. The van der Waals surface area contributed by atoms with Gasteiger partial charge in [-0.25, -0.2) is 9.89 Å². The van der Waals surface area contributed by atoms with Crippen molar-refractivity contribution in [3.05, 3.63) is 46.4 Å². The highest BCUT2D eigenvalue weighted by atomic mass is 32.2. The molecule has 0 aliphatic carbocycles. The van der Waals surface area contributed by atoms with E-state index in [9.17, 15) is 4.79 Å². The van der Waals surface area contributed by atoms with E-state index in [2.05, 4.69) is 10.2 Å². The van der Waals surface area contributed by atoms with Crippen molar-refractivity contribution in [3.8, 4) is 0 Å². The molecule has 0 saturated heterocycles. The van der Waals surface area contributed by atoms with Gasteiger partial charge in [0.15, 0.2) is 5.16 Å². The lowest BCUT2D eigenvalue weighted by Crippen LogP contribution is -2.20. The summed E-state index contributed by atoms with van der Waals surface area (Å²) in [5, 5.41) is 7.35. The first kappa shape index (κ1) is 13.9. The highest BCUT2D eigenvalue weighted by Crippen LogP contribution is 2.33. The normalized spacial score (nSPS) is 12.8. The van der Waals surface area contributed by atoms with E-state index in [1.807, 2.05) is 44.2 Å². The Labute approximate surface area is 116 Å². The van der Waals surface area contributed by atoms with Crippen molar-refractivity contribution < 1.29 is 0 Å². The molecule has 0 amide bonds. The lowest BCUT2D eigenvalue weighted by molar-refractivity contribution is 0.533. The first-order chi connectivity index (χ1) is 9.13. The summed E-state index contributed by atoms with van der Waals surface area (Å²) < 4.78 is 1.65. The van der Waals surface area contributed by atoms with Crippen LogP contribution in [0.5, 0.6) is 0 Å². The number of thioether (sulfide) groups is 1. The molecule has 0 bridgehead atoms. The average Bonchev–Trinajstić information content (AvgIpc) is 2.78. The highest BCUT2D eigenvalue weighted by Gasteiger charge is 2.18. The lowest BCUT2D eigenvalue weighted by atomic mass is 10.1. The van der Waals surface area contributed by atoms with Crippen LogP contribution in [0.25, 0.3) is 0 Å².